The Labute approximate surface area is 125 Å². The molecule has 5 heteroatoms. The largest absolute Gasteiger partial charge is 0.444 e. The molecule has 1 aliphatic rings. The van der Waals surface area contributed by atoms with Crippen molar-refractivity contribution in [3.63, 3.8) is 0 Å². The lowest BCUT2D eigenvalue weighted by atomic mass is 9.95. The highest BCUT2D eigenvalue weighted by atomic mass is 19.1. The second kappa shape index (κ2) is 5.92. The van der Waals surface area contributed by atoms with Gasteiger partial charge in [0.1, 0.15) is 11.4 Å². The topological polar surface area (TPSA) is 55.6 Å². The van der Waals surface area contributed by atoms with Gasteiger partial charge in [-0.1, -0.05) is 6.07 Å². The fourth-order valence-corrected chi connectivity index (χ4v) is 2.61. The number of rotatable bonds is 1. The maximum atomic E-state index is 14.2. The van der Waals surface area contributed by atoms with Crippen LogP contribution < -0.4 is 5.73 Å². The highest BCUT2D eigenvalue weighted by molar-refractivity contribution is 5.69. The minimum Gasteiger partial charge on any atom is -0.444 e. The third-order valence-corrected chi connectivity index (χ3v) is 3.51. The van der Waals surface area contributed by atoms with Gasteiger partial charge < -0.3 is 15.4 Å². The molecule has 1 unspecified atom stereocenters. The van der Waals surface area contributed by atoms with E-state index >= 15 is 0 Å². The number of nitrogens with two attached hydrogens (primary N) is 1. The number of nitrogen functional groups attached to an aromatic ring is 1. The van der Waals surface area contributed by atoms with Gasteiger partial charge >= 0.3 is 6.09 Å². The zero-order valence-corrected chi connectivity index (χ0v) is 12.9. The number of piperidine rings is 1. The third kappa shape index (κ3) is 3.86. The van der Waals surface area contributed by atoms with Crippen LogP contribution in [-0.4, -0.2) is 23.1 Å². The Kier molecular flexibility index (Phi) is 4.40. The summed E-state index contributed by atoms with van der Waals surface area (Å²) in [5.74, 6) is -0.365. The summed E-state index contributed by atoms with van der Waals surface area (Å²) in [5.41, 5.74) is 5.93. The summed E-state index contributed by atoms with van der Waals surface area (Å²) in [4.78, 5) is 14.0. The van der Waals surface area contributed by atoms with Gasteiger partial charge in [-0.05, 0) is 52.2 Å². The molecule has 116 valence electrons. The van der Waals surface area contributed by atoms with Crippen LogP contribution in [0.2, 0.25) is 0 Å². The zero-order valence-electron chi connectivity index (χ0n) is 12.9. The molecule has 2 N–H and O–H groups in total. The first-order valence-corrected chi connectivity index (χ1v) is 7.32. The number of amides is 1. The third-order valence-electron chi connectivity index (χ3n) is 3.51. The van der Waals surface area contributed by atoms with Gasteiger partial charge in [-0.3, -0.25) is 0 Å². The van der Waals surface area contributed by atoms with E-state index in [0.29, 0.717) is 17.8 Å². The number of hydrogen-bond acceptors (Lipinski definition) is 3. The van der Waals surface area contributed by atoms with Crippen LogP contribution in [-0.2, 0) is 4.74 Å². The van der Waals surface area contributed by atoms with Crippen molar-refractivity contribution in [2.75, 3.05) is 12.3 Å². The Bertz CT molecular complexity index is 525. The molecule has 0 bridgehead atoms. The number of anilines is 1. The highest BCUT2D eigenvalue weighted by Gasteiger charge is 2.32. The minimum atomic E-state index is -0.557. The van der Waals surface area contributed by atoms with Crippen LogP contribution in [0, 0.1) is 5.82 Å². The molecule has 1 fully saturated rings. The van der Waals surface area contributed by atoms with Crippen molar-refractivity contribution >= 4 is 11.8 Å². The van der Waals surface area contributed by atoms with Crippen LogP contribution in [0.5, 0.6) is 0 Å². The van der Waals surface area contributed by atoms with Crippen molar-refractivity contribution in [1.82, 2.24) is 4.90 Å². The summed E-state index contributed by atoms with van der Waals surface area (Å²) in [6, 6.07) is 4.35. The van der Waals surface area contributed by atoms with Crippen LogP contribution in [0.3, 0.4) is 0 Å². The predicted molar refractivity (Wildman–Crippen MR) is 80.3 cm³/mol. The second-order valence-corrected chi connectivity index (χ2v) is 6.47. The summed E-state index contributed by atoms with van der Waals surface area (Å²) in [6.07, 6.45) is 2.23. The number of hydrogen-bond donors (Lipinski definition) is 1. The summed E-state index contributed by atoms with van der Waals surface area (Å²) in [6.45, 7) is 6.07. The molecule has 1 saturated heterocycles. The molecule has 1 amide bonds. The molecule has 0 saturated carbocycles. The van der Waals surface area contributed by atoms with Crippen LogP contribution in [0.15, 0.2) is 18.2 Å². The molecule has 0 radical (unpaired) electrons. The Balaban J connectivity index is 2.24. The van der Waals surface area contributed by atoms with Crippen molar-refractivity contribution in [3.8, 4) is 0 Å². The number of nitrogens with zero attached hydrogens (tertiary/aromatic N) is 1. The summed E-state index contributed by atoms with van der Waals surface area (Å²) in [7, 11) is 0. The van der Waals surface area contributed by atoms with Gasteiger partial charge in [-0.2, -0.15) is 0 Å². The van der Waals surface area contributed by atoms with E-state index in [-0.39, 0.29) is 18.0 Å². The van der Waals surface area contributed by atoms with Gasteiger partial charge in [0.05, 0.1) is 6.04 Å². The van der Waals surface area contributed by atoms with Crippen molar-refractivity contribution in [2.24, 2.45) is 0 Å². The van der Waals surface area contributed by atoms with Crippen LogP contribution in [0.1, 0.15) is 51.6 Å². The number of carbonyl (C=O) groups is 1. The summed E-state index contributed by atoms with van der Waals surface area (Å²) < 4.78 is 19.6. The van der Waals surface area contributed by atoms with Gasteiger partial charge in [-0.15, -0.1) is 0 Å². The van der Waals surface area contributed by atoms with Crippen molar-refractivity contribution in [1.29, 1.82) is 0 Å². The lowest BCUT2D eigenvalue weighted by Crippen LogP contribution is -2.42. The molecular weight excluding hydrogens is 271 g/mol. The normalized spacial score (nSPS) is 19.4. The Morgan fingerprint density at radius 2 is 2.10 bits per heavy atom. The first-order chi connectivity index (χ1) is 9.78. The molecule has 4 nitrogen and oxygen atoms in total. The number of likely N-dealkylation sites (tertiary alicyclic amines) is 1. The van der Waals surface area contributed by atoms with Crippen molar-refractivity contribution in [2.45, 2.75) is 51.7 Å². The average Bonchev–Trinajstić information content (AvgIpc) is 2.37. The lowest BCUT2D eigenvalue weighted by molar-refractivity contribution is 0.00915. The van der Waals surface area contributed by atoms with Gasteiger partial charge in [0.15, 0.2) is 0 Å². The first-order valence-electron chi connectivity index (χ1n) is 7.32. The Morgan fingerprint density at radius 3 is 2.71 bits per heavy atom. The summed E-state index contributed by atoms with van der Waals surface area (Å²) >= 11 is 0. The molecule has 1 aromatic rings. The number of benzene rings is 1. The quantitative estimate of drug-likeness (QED) is 0.800. The minimum absolute atomic E-state index is 0.283. The Morgan fingerprint density at radius 1 is 1.38 bits per heavy atom. The van der Waals surface area contributed by atoms with E-state index in [2.05, 4.69) is 0 Å². The fraction of sp³-hybridized carbons (Fsp3) is 0.562. The fourth-order valence-electron chi connectivity index (χ4n) is 2.61. The Hall–Kier alpha value is -1.78. The molecule has 21 heavy (non-hydrogen) atoms. The van der Waals surface area contributed by atoms with Gasteiger partial charge in [-0.25, -0.2) is 9.18 Å². The van der Waals surface area contributed by atoms with Gasteiger partial charge in [0, 0.05) is 17.8 Å². The molecule has 1 heterocycles. The SMILES string of the molecule is CC(C)(C)OC(=O)N1CCCCC1c1ccc(N)cc1F. The first kappa shape index (κ1) is 15.6. The molecule has 0 aliphatic carbocycles. The van der Waals surface area contributed by atoms with Crippen LogP contribution >= 0.6 is 0 Å². The van der Waals surface area contributed by atoms with E-state index in [1.807, 2.05) is 20.8 Å². The van der Waals surface area contributed by atoms with Gasteiger partial charge in [0.2, 0.25) is 0 Å². The summed E-state index contributed by atoms with van der Waals surface area (Å²) in [5, 5.41) is 0. The van der Waals surface area contributed by atoms with E-state index in [0.717, 1.165) is 19.3 Å². The highest BCUT2D eigenvalue weighted by Crippen LogP contribution is 2.34. The van der Waals surface area contributed by atoms with Crippen molar-refractivity contribution < 1.29 is 13.9 Å². The molecule has 1 aliphatic heterocycles. The maximum absolute atomic E-state index is 14.2. The van der Waals surface area contributed by atoms with E-state index in [1.165, 1.54) is 6.07 Å². The molecule has 2 rings (SSSR count). The molecule has 1 aromatic carbocycles. The van der Waals surface area contributed by atoms with E-state index in [4.69, 9.17) is 10.5 Å². The van der Waals surface area contributed by atoms with Crippen LogP contribution in [0.4, 0.5) is 14.9 Å². The smallest absolute Gasteiger partial charge is 0.410 e. The molecule has 1 atom stereocenters. The van der Waals surface area contributed by atoms with E-state index in [9.17, 15) is 9.18 Å². The maximum Gasteiger partial charge on any atom is 0.410 e. The van der Waals surface area contributed by atoms with E-state index < -0.39 is 5.60 Å². The predicted octanol–water partition coefficient (Wildman–Crippen LogP) is 3.87. The average molecular weight is 294 g/mol. The van der Waals surface area contributed by atoms with Crippen molar-refractivity contribution in [3.05, 3.63) is 29.6 Å². The van der Waals surface area contributed by atoms with Gasteiger partial charge in [0.25, 0.3) is 0 Å². The van der Waals surface area contributed by atoms with Crippen LogP contribution in [0.25, 0.3) is 0 Å². The molecule has 0 spiro atoms. The molecular formula is C16H23FN2O2. The van der Waals surface area contributed by atoms with E-state index in [1.54, 1.807) is 17.0 Å². The number of carbonyl (C=O) groups excluding carboxylic acids is 1. The molecule has 0 aromatic heterocycles. The number of halogens is 1. The zero-order chi connectivity index (χ0) is 15.6. The monoisotopic (exact) mass is 294 g/mol. The lowest BCUT2D eigenvalue weighted by Gasteiger charge is -2.37. The second-order valence-electron chi connectivity index (χ2n) is 6.47. The number of ether oxygens (including phenoxy) is 1. The standard InChI is InChI=1S/C16H23FN2O2/c1-16(2,3)21-15(20)19-9-5-4-6-14(19)12-8-7-11(18)10-13(12)17/h7-8,10,14H,4-6,9,18H2,1-3H3.